The topological polar surface area (TPSA) is 44.1 Å². The molecule has 1 aromatic carbocycles. The quantitative estimate of drug-likeness (QED) is 0.755. The van der Waals surface area contributed by atoms with E-state index in [1.165, 1.54) is 7.11 Å². The summed E-state index contributed by atoms with van der Waals surface area (Å²) >= 11 is 0. The number of carbonyl (C=O) groups is 1. The van der Waals surface area contributed by atoms with Gasteiger partial charge < -0.3 is 9.30 Å². The van der Waals surface area contributed by atoms with Crippen LogP contribution in [0.5, 0.6) is 0 Å². The molecule has 0 fully saturated rings. The molecule has 2 rings (SSSR count). The molecule has 0 unspecified atom stereocenters. The molecule has 88 valence electrons. The van der Waals surface area contributed by atoms with Crippen molar-refractivity contribution in [3.63, 3.8) is 0 Å². The van der Waals surface area contributed by atoms with Gasteiger partial charge in [-0.25, -0.2) is 4.98 Å². The molecule has 0 atom stereocenters. The number of ether oxygens (including phenoxy) is 1. The first kappa shape index (κ1) is 11.4. The van der Waals surface area contributed by atoms with E-state index < -0.39 is 0 Å². The third-order valence-corrected chi connectivity index (χ3v) is 2.53. The van der Waals surface area contributed by atoms with Crippen LogP contribution in [0.3, 0.4) is 0 Å². The maximum atomic E-state index is 11.1. The summed E-state index contributed by atoms with van der Waals surface area (Å²) in [6.07, 6.45) is 3.96. The van der Waals surface area contributed by atoms with Crippen LogP contribution in [0.25, 0.3) is 11.4 Å². The van der Waals surface area contributed by atoms with Gasteiger partial charge in [0.1, 0.15) is 5.82 Å². The van der Waals surface area contributed by atoms with Gasteiger partial charge in [0.2, 0.25) is 0 Å². The number of rotatable bonds is 4. The van der Waals surface area contributed by atoms with Gasteiger partial charge in [0, 0.05) is 24.5 Å². The number of benzene rings is 1. The first-order valence-electron chi connectivity index (χ1n) is 5.44. The van der Waals surface area contributed by atoms with Crippen molar-refractivity contribution >= 4 is 5.97 Å². The summed E-state index contributed by atoms with van der Waals surface area (Å²) in [5.41, 5.74) is 1.04. The van der Waals surface area contributed by atoms with Gasteiger partial charge in [0.05, 0.1) is 13.5 Å². The molecule has 4 heteroatoms. The molecule has 0 aliphatic rings. The van der Waals surface area contributed by atoms with Gasteiger partial charge in [0.15, 0.2) is 0 Å². The Labute approximate surface area is 99.9 Å². The molecule has 1 aromatic heterocycles. The zero-order chi connectivity index (χ0) is 12.1. The molecule has 0 saturated carbocycles. The SMILES string of the molecule is COC(=O)CCn1ccnc1-c1ccccc1. The van der Waals surface area contributed by atoms with Gasteiger partial charge in [-0.3, -0.25) is 4.79 Å². The van der Waals surface area contributed by atoms with Crippen LogP contribution in [0.2, 0.25) is 0 Å². The lowest BCUT2D eigenvalue weighted by molar-refractivity contribution is -0.140. The number of hydrogen-bond acceptors (Lipinski definition) is 3. The molecular formula is C13H14N2O2. The molecule has 2 aromatic rings. The average Bonchev–Trinajstić information content (AvgIpc) is 2.85. The monoisotopic (exact) mass is 230 g/mol. The van der Waals surface area contributed by atoms with E-state index in [2.05, 4.69) is 9.72 Å². The van der Waals surface area contributed by atoms with E-state index in [-0.39, 0.29) is 5.97 Å². The second-order valence-electron chi connectivity index (χ2n) is 3.64. The number of hydrogen-bond donors (Lipinski definition) is 0. The molecule has 0 aliphatic carbocycles. The summed E-state index contributed by atoms with van der Waals surface area (Å²) in [4.78, 5) is 15.4. The predicted molar refractivity (Wildman–Crippen MR) is 64.3 cm³/mol. The Hall–Kier alpha value is -2.10. The van der Waals surface area contributed by atoms with Crippen LogP contribution in [0.1, 0.15) is 6.42 Å². The fourth-order valence-electron chi connectivity index (χ4n) is 1.65. The van der Waals surface area contributed by atoms with Crippen LogP contribution >= 0.6 is 0 Å². The van der Waals surface area contributed by atoms with Gasteiger partial charge in [-0.05, 0) is 0 Å². The highest BCUT2D eigenvalue weighted by Crippen LogP contribution is 2.16. The average molecular weight is 230 g/mol. The minimum Gasteiger partial charge on any atom is -0.469 e. The fraction of sp³-hybridized carbons (Fsp3) is 0.231. The molecule has 0 radical (unpaired) electrons. The zero-order valence-electron chi connectivity index (χ0n) is 9.67. The highest BCUT2D eigenvalue weighted by molar-refractivity contribution is 5.69. The molecule has 0 spiro atoms. The normalized spacial score (nSPS) is 10.2. The number of esters is 1. The number of aryl methyl sites for hydroxylation is 1. The zero-order valence-corrected chi connectivity index (χ0v) is 9.67. The Balaban J connectivity index is 2.15. The standard InChI is InChI=1S/C13H14N2O2/c1-17-12(16)7-9-15-10-8-14-13(15)11-5-3-2-4-6-11/h2-6,8,10H,7,9H2,1H3. The van der Waals surface area contributed by atoms with Gasteiger partial charge >= 0.3 is 5.97 Å². The molecule has 4 nitrogen and oxygen atoms in total. The number of imidazole rings is 1. The molecule has 0 aliphatic heterocycles. The smallest absolute Gasteiger partial charge is 0.307 e. The fourth-order valence-corrected chi connectivity index (χ4v) is 1.65. The van der Waals surface area contributed by atoms with E-state index in [1.54, 1.807) is 6.20 Å². The van der Waals surface area contributed by atoms with Crippen molar-refractivity contribution < 1.29 is 9.53 Å². The second kappa shape index (κ2) is 5.30. The van der Waals surface area contributed by atoms with Crippen LogP contribution in [-0.4, -0.2) is 22.6 Å². The summed E-state index contributed by atoms with van der Waals surface area (Å²) in [7, 11) is 1.40. The summed E-state index contributed by atoms with van der Waals surface area (Å²) in [6.45, 7) is 0.580. The summed E-state index contributed by atoms with van der Waals surface area (Å²) in [5, 5.41) is 0. The van der Waals surface area contributed by atoms with Gasteiger partial charge in [-0.15, -0.1) is 0 Å². The third kappa shape index (κ3) is 2.72. The van der Waals surface area contributed by atoms with Crippen molar-refractivity contribution in [3.05, 3.63) is 42.7 Å². The molecule has 0 saturated heterocycles. The molecule has 0 N–H and O–H groups in total. The Morgan fingerprint density at radius 3 is 2.82 bits per heavy atom. The highest BCUT2D eigenvalue weighted by Gasteiger charge is 2.07. The minimum atomic E-state index is -0.210. The predicted octanol–water partition coefficient (Wildman–Crippen LogP) is 2.11. The summed E-state index contributed by atoms with van der Waals surface area (Å²) < 4.78 is 6.57. The summed E-state index contributed by atoms with van der Waals surface area (Å²) in [6, 6.07) is 9.89. The molecule has 17 heavy (non-hydrogen) atoms. The van der Waals surface area contributed by atoms with Gasteiger partial charge in [-0.2, -0.15) is 0 Å². The third-order valence-electron chi connectivity index (χ3n) is 2.53. The lowest BCUT2D eigenvalue weighted by atomic mass is 10.2. The maximum Gasteiger partial charge on any atom is 0.307 e. The number of methoxy groups -OCH3 is 1. The van der Waals surface area contributed by atoms with Crippen molar-refractivity contribution in [1.29, 1.82) is 0 Å². The Bertz CT molecular complexity index is 491. The lowest BCUT2D eigenvalue weighted by Crippen LogP contribution is -2.07. The molecule has 0 bridgehead atoms. The van der Waals surface area contributed by atoms with Crippen LogP contribution in [-0.2, 0) is 16.1 Å². The van der Waals surface area contributed by atoms with E-state index >= 15 is 0 Å². The van der Waals surface area contributed by atoms with E-state index in [0.717, 1.165) is 11.4 Å². The van der Waals surface area contributed by atoms with Crippen molar-refractivity contribution in [3.8, 4) is 11.4 Å². The Kier molecular flexibility index (Phi) is 3.55. The number of nitrogens with zero attached hydrogens (tertiary/aromatic N) is 2. The Morgan fingerprint density at radius 1 is 1.35 bits per heavy atom. The van der Waals surface area contributed by atoms with Crippen molar-refractivity contribution in [1.82, 2.24) is 9.55 Å². The summed E-state index contributed by atoms with van der Waals surface area (Å²) in [5.74, 6) is 0.659. The van der Waals surface area contributed by atoms with Crippen molar-refractivity contribution in [2.75, 3.05) is 7.11 Å². The van der Waals surface area contributed by atoms with Gasteiger partial charge in [0.25, 0.3) is 0 Å². The minimum absolute atomic E-state index is 0.210. The van der Waals surface area contributed by atoms with Crippen LogP contribution < -0.4 is 0 Å². The van der Waals surface area contributed by atoms with Crippen molar-refractivity contribution in [2.24, 2.45) is 0 Å². The first-order chi connectivity index (χ1) is 8.31. The van der Waals surface area contributed by atoms with Crippen LogP contribution in [0.15, 0.2) is 42.7 Å². The largest absolute Gasteiger partial charge is 0.469 e. The lowest BCUT2D eigenvalue weighted by Gasteiger charge is -2.06. The van der Waals surface area contributed by atoms with E-state index in [0.29, 0.717) is 13.0 Å². The maximum absolute atomic E-state index is 11.1. The van der Waals surface area contributed by atoms with Crippen LogP contribution in [0, 0.1) is 0 Å². The van der Waals surface area contributed by atoms with E-state index in [1.807, 2.05) is 41.1 Å². The van der Waals surface area contributed by atoms with E-state index in [9.17, 15) is 4.79 Å². The van der Waals surface area contributed by atoms with E-state index in [4.69, 9.17) is 0 Å². The second-order valence-corrected chi connectivity index (χ2v) is 3.64. The highest BCUT2D eigenvalue weighted by atomic mass is 16.5. The molecule has 1 heterocycles. The number of carbonyl (C=O) groups excluding carboxylic acids is 1. The number of aromatic nitrogens is 2. The Morgan fingerprint density at radius 2 is 2.12 bits per heavy atom. The molecule has 0 amide bonds. The van der Waals surface area contributed by atoms with Crippen molar-refractivity contribution in [2.45, 2.75) is 13.0 Å². The van der Waals surface area contributed by atoms with Gasteiger partial charge in [-0.1, -0.05) is 30.3 Å². The van der Waals surface area contributed by atoms with Crippen LogP contribution in [0.4, 0.5) is 0 Å². The molecular weight excluding hydrogens is 216 g/mol. The first-order valence-corrected chi connectivity index (χ1v) is 5.44.